The number of carbonyl (C=O) groups is 3. The lowest BCUT2D eigenvalue weighted by molar-refractivity contribution is -0.137. The molecule has 2 amide bonds. The lowest BCUT2D eigenvalue weighted by atomic mass is 9.98. The molecule has 0 radical (unpaired) electrons. The highest BCUT2D eigenvalue weighted by Crippen LogP contribution is 2.41. The highest BCUT2D eigenvalue weighted by atomic mass is 35.5. The Bertz CT molecular complexity index is 1360. The van der Waals surface area contributed by atoms with Crippen molar-refractivity contribution in [2.45, 2.75) is 51.3 Å². The molecule has 9 heteroatoms. The highest BCUT2D eigenvalue weighted by Gasteiger charge is 2.43. The minimum Gasteiger partial charge on any atom is -0.481 e. The van der Waals surface area contributed by atoms with Crippen LogP contribution in [0.25, 0.3) is 0 Å². The molecule has 3 atom stereocenters. The summed E-state index contributed by atoms with van der Waals surface area (Å²) in [5, 5.41) is 20.4. The Hall–Kier alpha value is -3.39. The predicted octanol–water partition coefficient (Wildman–Crippen LogP) is 6.59. The molecule has 39 heavy (non-hydrogen) atoms. The van der Waals surface area contributed by atoms with Gasteiger partial charge in [0.25, 0.3) is 11.8 Å². The first-order valence-corrected chi connectivity index (χ1v) is 13.5. The molecule has 0 bridgehead atoms. The summed E-state index contributed by atoms with van der Waals surface area (Å²) in [6.45, 7) is 3.70. The molecule has 2 N–H and O–H groups in total. The molecule has 7 nitrogen and oxygen atoms in total. The smallest absolute Gasteiger partial charge is 0.303 e. The first-order valence-electron chi connectivity index (χ1n) is 12.8. The third kappa shape index (κ3) is 6.27. The quantitative estimate of drug-likeness (QED) is 0.283. The van der Waals surface area contributed by atoms with E-state index in [1.54, 1.807) is 71.3 Å². The van der Waals surface area contributed by atoms with Gasteiger partial charge < -0.3 is 20.0 Å². The van der Waals surface area contributed by atoms with Crippen LogP contribution in [0.2, 0.25) is 10.0 Å². The number of fused-ring (bicyclic) bond motifs is 1. The van der Waals surface area contributed by atoms with Gasteiger partial charge in [-0.1, -0.05) is 53.5 Å². The second-order valence-corrected chi connectivity index (χ2v) is 10.6. The molecule has 0 spiro atoms. The van der Waals surface area contributed by atoms with Crippen LogP contribution >= 0.6 is 23.2 Å². The second kappa shape index (κ2) is 12.2. The summed E-state index contributed by atoms with van der Waals surface area (Å²) in [7, 11) is 0. The molecule has 0 saturated carbocycles. The first-order chi connectivity index (χ1) is 18.6. The van der Waals surface area contributed by atoms with Gasteiger partial charge in [0, 0.05) is 23.0 Å². The van der Waals surface area contributed by atoms with Gasteiger partial charge in [-0.25, -0.2) is 0 Å². The Morgan fingerprint density at radius 3 is 2.08 bits per heavy atom. The fourth-order valence-corrected chi connectivity index (χ4v) is 5.14. The normalized spacial score (nSPS) is 17.0. The van der Waals surface area contributed by atoms with Crippen molar-refractivity contribution in [3.8, 4) is 0 Å². The van der Waals surface area contributed by atoms with E-state index in [4.69, 9.17) is 28.3 Å². The van der Waals surface area contributed by atoms with Crippen LogP contribution in [0, 0.1) is 0 Å². The van der Waals surface area contributed by atoms with Gasteiger partial charge in [0.1, 0.15) is 6.04 Å². The van der Waals surface area contributed by atoms with Crippen molar-refractivity contribution < 1.29 is 24.6 Å². The van der Waals surface area contributed by atoms with E-state index in [1.165, 1.54) is 0 Å². The van der Waals surface area contributed by atoms with E-state index < -0.39 is 24.2 Å². The summed E-state index contributed by atoms with van der Waals surface area (Å²) in [6, 6.07) is 17.5. The Kier molecular flexibility index (Phi) is 8.95. The van der Waals surface area contributed by atoms with E-state index in [9.17, 15) is 19.5 Å². The minimum atomic E-state index is -0.984. The summed E-state index contributed by atoms with van der Waals surface area (Å²) in [6.07, 6.45) is -0.0239. The van der Waals surface area contributed by atoms with Gasteiger partial charge in [-0.2, -0.15) is 0 Å². The molecule has 204 valence electrons. The number of amides is 2. The number of benzene rings is 3. The van der Waals surface area contributed by atoms with Crippen LogP contribution in [0.1, 0.15) is 78.3 Å². The third-order valence-corrected chi connectivity index (χ3v) is 7.52. The third-order valence-electron chi connectivity index (χ3n) is 7.01. The van der Waals surface area contributed by atoms with Crippen molar-refractivity contribution in [3.63, 3.8) is 0 Å². The minimum absolute atomic E-state index is 0.0187. The van der Waals surface area contributed by atoms with Gasteiger partial charge in [0.05, 0.1) is 23.4 Å². The molecule has 3 aromatic rings. The van der Waals surface area contributed by atoms with E-state index >= 15 is 0 Å². The number of nitrogens with zero attached hydrogens (tertiary/aromatic N) is 2. The zero-order valence-electron chi connectivity index (χ0n) is 21.7. The molecule has 0 aliphatic carbocycles. The average molecular weight is 569 g/mol. The fourth-order valence-electron chi connectivity index (χ4n) is 4.89. The molecule has 1 heterocycles. The number of hydrogen-bond donors (Lipinski definition) is 2. The van der Waals surface area contributed by atoms with Crippen LogP contribution in [-0.2, 0) is 9.59 Å². The average Bonchev–Trinajstić information content (AvgIpc) is 2.99. The molecule has 4 rings (SSSR count). The molecule has 1 aliphatic heterocycles. The Morgan fingerprint density at radius 1 is 0.897 bits per heavy atom. The van der Waals surface area contributed by atoms with Crippen molar-refractivity contribution in [1.82, 2.24) is 4.90 Å². The van der Waals surface area contributed by atoms with E-state index in [1.807, 2.05) is 19.1 Å². The van der Waals surface area contributed by atoms with Crippen LogP contribution in [0.15, 0.2) is 66.7 Å². The molecule has 0 saturated heterocycles. The number of carbonyl (C=O) groups excluding carboxylic acids is 2. The van der Waals surface area contributed by atoms with Crippen molar-refractivity contribution in [1.29, 1.82) is 0 Å². The van der Waals surface area contributed by atoms with Gasteiger partial charge >= 0.3 is 5.97 Å². The largest absolute Gasteiger partial charge is 0.481 e. The highest BCUT2D eigenvalue weighted by molar-refractivity contribution is 6.30. The summed E-state index contributed by atoms with van der Waals surface area (Å²) >= 11 is 12.3. The van der Waals surface area contributed by atoms with Crippen LogP contribution in [-0.4, -0.2) is 39.4 Å². The van der Waals surface area contributed by atoms with Gasteiger partial charge in [-0.3, -0.25) is 14.4 Å². The topological polar surface area (TPSA) is 98.2 Å². The molecule has 1 aliphatic rings. The van der Waals surface area contributed by atoms with Crippen LogP contribution in [0.5, 0.6) is 0 Å². The van der Waals surface area contributed by atoms with Crippen LogP contribution in [0.4, 0.5) is 5.69 Å². The van der Waals surface area contributed by atoms with Crippen LogP contribution < -0.4 is 4.90 Å². The van der Waals surface area contributed by atoms with Crippen molar-refractivity contribution in [2.75, 3.05) is 11.4 Å². The van der Waals surface area contributed by atoms with E-state index in [0.29, 0.717) is 39.7 Å². The number of carboxylic acids is 1. The number of aliphatic hydroxyl groups excluding tert-OH is 1. The summed E-state index contributed by atoms with van der Waals surface area (Å²) in [5.41, 5.74) is 2.65. The predicted molar refractivity (Wildman–Crippen MR) is 151 cm³/mol. The fraction of sp³-hybridized carbons (Fsp3) is 0.300. The van der Waals surface area contributed by atoms with Crippen molar-refractivity contribution in [2.24, 2.45) is 0 Å². The van der Waals surface area contributed by atoms with Crippen molar-refractivity contribution >= 4 is 46.7 Å². The zero-order chi connectivity index (χ0) is 28.3. The first kappa shape index (κ1) is 28.6. The van der Waals surface area contributed by atoms with Gasteiger partial charge in [-0.15, -0.1) is 0 Å². The lowest BCUT2D eigenvalue weighted by Crippen LogP contribution is -2.44. The molecule has 3 aromatic carbocycles. The molecular weight excluding hydrogens is 539 g/mol. The Morgan fingerprint density at radius 2 is 1.49 bits per heavy atom. The van der Waals surface area contributed by atoms with Gasteiger partial charge in [0.2, 0.25) is 0 Å². The Labute approximate surface area is 237 Å². The molecular formula is C30H30Cl2N2O5. The Balaban J connectivity index is 1.89. The number of rotatable bonds is 9. The SMILES string of the molecule is C[C@H](O)c1ccc2c(c1)C(=O)N([C@H](C)c1ccc(Cl)cc1)[C@H](c1ccc(Cl)cc1)C(=O)N2CCCCC(=O)O. The maximum absolute atomic E-state index is 14.4. The maximum Gasteiger partial charge on any atom is 0.303 e. The number of halogens is 2. The maximum atomic E-state index is 14.4. The standard InChI is InChI=1S/C30H30Cl2N2O5/c1-18(20-6-11-23(31)12-7-20)34-28(21-8-13-24(32)14-9-21)30(39)33(16-4-3-5-27(36)37)26-15-10-22(19(2)35)17-25(26)29(34)38/h6-15,17-19,28,35H,3-5,16H2,1-2H3,(H,36,37)/t18-,19+,28-/m1/s1. The zero-order valence-corrected chi connectivity index (χ0v) is 23.2. The molecule has 0 unspecified atom stereocenters. The van der Waals surface area contributed by atoms with Crippen LogP contribution in [0.3, 0.4) is 0 Å². The summed E-state index contributed by atoms with van der Waals surface area (Å²) in [5.74, 6) is -1.59. The van der Waals surface area contributed by atoms with E-state index in [2.05, 4.69) is 0 Å². The molecule has 0 fully saturated rings. The van der Waals surface area contributed by atoms with E-state index in [-0.39, 0.29) is 30.3 Å². The number of carboxylic acid groups (broad SMARTS) is 1. The lowest BCUT2D eigenvalue weighted by Gasteiger charge is -2.36. The number of unbranched alkanes of at least 4 members (excludes halogenated alkanes) is 1. The summed E-state index contributed by atoms with van der Waals surface area (Å²) in [4.78, 5) is 43.0. The van der Waals surface area contributed by atoms with E-state index in [0.717, 1.165) is 5.56 Å². The molecule has 0 aromatic heterocycles. The second-order valence-electron chi connectivity index (χ2n) is 9.69. The number of hydrogen-bond acceptors (Lipinski definition) is 4. The number of anilines is 1. The van der Waals surface area contributed by atoms with Crippen molar-refractivity contribution in [3.05, 3.63) is 99.0 Å². The monoisotopic (exact) mass is 568 g/mol. The number of aliphatic hydroxyl groups is 1. The van der Waals surface area contributed by atoms with Gasteiger partial charge in [-0.05, 0) is 79.8 Å². The van der Waals surface area contributed by atoms with Gasteiger partial charge in [0.15, 0.2) is 0 Å². The number of aliphatic carboxylic acids is 1. The summed E-state index contributed by atoms with van der Waals surface area (Å²) < 4.78 is 0.